The number of nitrogens with zero attached hydrogens (tertiary/aromatic N) is 1. The Labute approximate surface area is 122 Å². The molecule has 1 aromatic rings. The van der Waals surface area contributed by atoms with Gasteiger partial charge >= 0.3 is 0 Å². The summed E-state index contributed by atoms with van der Waals surface area (Å²) in [7, 11) is 1.97. The normalized spacial score (nSPS) is 19.1. The van der Waals surface area contributed by atoms with Gasteiger partial charge in [-0.2, -0.15) is 0 Å². The number of amides is 1. The summed E-state index contributed by atoms with van der Waals surface area (Å²) in [5, 5.41) is 3.20. The molecule has 2 rings (SSSR count). The number of likely N-dealkylation sites (tertiary alicyclic amines) is 1. The van der Waals surface area contributed by atoms with Crippen LogP contribution in [0.3, 0.4) is 0 Å². The third kappa shape index (κ3) is 3.40. The van der Waals surface area contributed by atoms with Gasteiger partial charge in [0.15, 0.2) is 0 Å². The molecule has 3 heteroatoms. The van der Waals surface area contributed by atoms with E-state index in [2.05, 4.69) is 22.3 Å². The zero-order chi connectivity index (χ0) is 14.5. The van der Waals surface area contributed by atoms with Crippen LogP contribution in [0.15, 0.2) is 18.2 Å². The summed E-state index contributed by atoms with van der Waals surface area (Å²) in [6.07, 6.45) is 4.56. The second-order valence-electron chi connectivity index (χ2n) is 5.86. The van der Waals surface area contributed by atoms with Crippen LogP contribution in [0.25, 0.3) is 0 Å². The highest BCUT2D eigenvalue weighted by Gasteiger charge is 2.27. The first kappa shape index (κ1) is 15.0. The summed E-state index contributed by atoms with van der Waals surface area (Å²) < 4.78 is 0. The van der Waals surface area contributed by atoms with Gasteiger partial charge in [-0.05, 0) is 64.8 Å². The maximum Gasteiger partial charge on any atom is 0.254 e. The van der Waals surface area contributed by atoms with Crippen LogP contribution in [0.5, 0.6) is 0 Å². The highest BCUT2D eigenvalue weighted by Crippen LogP contribution is 2.23. The van der Waals surface area contributed by atoms with Gasteiger partial charge in [0.2, 0.25) is 0 Å². The molecule has 0 bridgehead atoms. The molecule has 0 spiro atoms. The van der Waals surface area contributed by atoms with Crippen LogP contribution in [0.2, 0.25) is 0 Å². The Morgan fingerprint density at radius 1 is 1.35 bits per heavy atom. The van der Waals surface area contributed by atoms with Crippen molar-refractivity contribution in [2.24, 2.45) is 0 Å². The van der Waals surface area contributed by atoms with Crippen LogP contribution < -0.4 is 5.32 Å². The lowest BCUT2D eigenvalue weighted by Crippen LogP contribution is -2.45. The van der Waals surface area contributed by atoms with Gasteiger partial charge < -0.3 is 10.2 Å². The number of piperidine rings is 1. The van der Waals surface area contributed by atoms with Gasteiger partial charge in [-0.3, -0.25) is 4.79 Å². The molecule has 1 aliphatic rings. The van der Waals surface area contributed by atoms with E-state index in [1.165, 1.54) is 6.42 Å². The number of nitrogens with one attached hydrogen (secondary N) is 1. The molecule has 1 aromatic carbocycles. The van der Waals surface area contributed by atoms with Gasteiger partial charge in [-0.15, -0.1) is 0 Å². The average Bonchev–Trinajstić information content (AvgIpc) is 2.47. The number of rotatable bonds is 4. The first-order chi connectivity index (χ1) is 9.63. The van der Waals surface area contributed by atoms with Crippen LogP contribution in [0.4, 0.5) is 0 Å². The number of hydrogen-bond acceptors (Lipinski definition) is 2. The fraction of sp³-hybridized carbons (Fsp3) is 0.588. The zero-order valence-corrected chi connectivity index (χ0v) is 12.9. The average molecular weight is 274 g/mol. The second kappa shape index (κ2) is 6.89. The lowest BCUT2D eigenvalue weighted by atomic mass is 9.96. The Bertz CT molecular complexity index is 470. The number of hydrogen-bond donors (Lipinski definition) is 1. The summed E-state index contributed by atoms with van der Waals surface area (Å²) in [6.45, 7) is 5.95. The minimum Gasteiger partial charge on any atom is -0.336 e. The molecule has 20 heavy (non-hydrogen) atoms. The summed E-state index contributed by atoms with van der Waals surface area (Å²) in [6, 6.07) is 6.54. The molecular formula is C17H26N2O. The largest absolute Gasteiger partial charge is 0.336 e. The van der Waals surface area contributed by atoms with Crippen LogP contribution in [0, 0.1) is 13.8 Å². The summed E-state index contributed by atoms with van der Waals surface area (Å²) in [5.41, 5.74) is 3.11. The van der Waals surface area contributed by atoms with Crippen molar-refractivity contribution in [2.75, 3.05) is 20.1 Å². The zero-order valence-electron chi connectivity index (χ0n) is 12.9. The van der Waals surface area contributed by atoms with Crippen molar-refractivity contribution >= 4 is 5.91 Å². The first-order valence-electron chi connectivity index (χ1n) is 7.66. The summed E-state index contributed by atoms with van der Waals surface area (Å²) in [4.78, 5) is 15.0. The van der Waals surface area contributed by atoms with Crippen LogP contribution in [-0.4, -0.2) is 37.0 Å². The fourth-order valence-electron chi connectivity index (χ4n) is 3.00. The molecule has 1 aliphatic heterocycles. The fourth-order valence-corrected chi connectivity index (χ4v) is 3.00. The van der Waals surface area contributed by atoms with E-state index < -0.39 is 0 Å². The molecule has 1 heterocycles. The third-order valence-electron chi connectivity index (χ3n) is 4.24. The van der Waals surface area contributed by atoms with Gasteiger partial charge in [-0.1, -0.05) is 17.7 Å². The molecule has 1 saturated heterocycles. The van der Waals surface area contributed by atoms with E-state index in [-0.39, 0.29) is 5.91 Å². The molecule has 1 unspecified atom stereocenters. The Morgan fingerprint density at radius 2 is 2.15 bits per heavy atom. The van der Waals surface area contributed by atoms with E-state index in [9.17, 15) is 4.79 Å². The quantitative estimate of drug-likeness (QED) is 0.915. The molecule has 110 valence electrons. The van der Waals surface area contributed by atoms with Crippen molar-refractivity contribution in [3.8, 4) is 0 Å². The minimum absolute atomic E-state index is 0.215. The number of carbonyl (C=O) groups excluding carboxylic acids is 1. The smallest absolute Gasteiger partial charge is 0.254 e. The molecule has 0 radical (unpaired) electrons. The van der Waals surface area contributed by atoms with E-state index in [0.29, 0.717) is 6.04 Å². The van der Waals surface area contributed by atoms with E-state index in [0.717, 1.165) is 49.0 Å². The lowest BCUT2D eigenvalue weighted by molar-refractivity contribution is 0.0601. The van der Waals surface area contributed by atoms with E-state index >= 15 is 0 Å². The lowest BCUT2D eigenvalue weighted by Gasteiger charge is -2.36. The first-order valence-corrected chi connectivity index (χ1v) is 7.66. The van der Waals surface area contributed by atoms with Crippen molar-refractivity contribution in [2.45, 2.75) is 45.6 Å². The molecule has 0 aliphatic carbocycles. The predicted molar refractivity (Wildman–Crippen MR) is 83.1 cm³/mol. The third-order valence-corrected chi connectivity index (χ3v) is 4.24. The number of aryl methyl sites for hydroxylation is 2. The summed E-state index contributed by atoms with van der Waals surface area (Å²) in [5.74, 6) is 0.215. The maximum absolute atomic E-state index is 12.9. The van der Waals surface area contributed by atoms with Crippen molar-refractivity contribution < 1.29 is 4.79 Å². The Balaban J connectivity index is 2.18. The molecule has 0 saturated carbocycles. The van der Waals surface area contributed by atoms with Crippen LogP contribution in [-0.2, 0) is 0 Å². The van der Waals surface area contributed by atoms with E-state index in [1.807, 2.05) is 27.0 Å². The number of benzene rings is 1. The summed E-state index contributed by atoms with van der Waals surface area (Å²) >= 11 is 0. The monoisotopic (exact) mass is 274 g/mol. The molecule has 1 N–H and O–H groups in total. The van der Waals surface area contributed by atoms with Crippen LogP contribution in [0.1, 0.15) is 47.2 Å². The molecule has 1 amide bonds. The molecular weight excluding hydrogens is 248 g/mol. The molecule has 3 nitrogen and oxygen atoms in total. The van der Waals surface area contributed by atoms with Crippen molar-refractivity contribution in [3.05, 3.63) is 34.9 Å². The SMILES string of the molecule is CNCCC1CCCCN1C(=O)c1cc(C)ccc1C. The molecule has 1 atom stereocenters. The van der Waals surface area contributed by atoms with Crippen molar-refractivity contribution in [1.82, 2.24) is 10.2 Å². The van der Waals surface area contributed by atoms with Gasteiger partial charge in [0.1, 0.15) is 0 Å². The highest BCUT2D eigenvalue weighted by molar-refractivity contribution is 5.96. The van der Waals surface area contributed by atoms with Gasteiger partial charge in [-0.25, -0.2) is 0 Å². The molecule has 0 aromatic heterocycles. The highest BCUT2D eigenvalue weighted by atomic mass is 16.2. The number of carbonyl (C=O) groups is 1. The van der Waals surface area contributed by atoms with Crippen molar-refractivity contribution in [1.29, 1.82) is 0 Å². The Kier molecular flexibility index (Phi) is 5.18. The van der Waals surface area contributed by atoms with Crippen molar-refractivity contribution in [3.63, 3.8) is 0 Å². The van der Waals surface area contributed by atoms with E-state index in [1.54, 1.807) is 0 Å². The van der Waals surface area contributed by atoms with Gasteiger partial charge in [0, 0.05) is 18.2 Å². The van der Waals surface area contributed by atoms with E-state index in [4.69, 9.17) is 0 Å². The predicted octanol–water partition coefficient (Wildman–Crippen LogP) is 2.91. The molecule has 1 fully saturated rings. The second-order valence-corrected chi connectivity index (χ2v) is 5.86. The maximum atomic E-state index is 12.9. The van der Waals surface area contributed by atoms with Gasteiger partial charge in [0.05, 0.1) is 0 Å². The Hall–Kier alpha value is -1.35. The Morgan fingerprint density at radius 3 is 2.90 bits per heavy atom. The van der Waals surface area contributed by atoms with Gasteiger partial charge in [0.25, 0.3) is 5.91 Å². The minimum atomic E-state index is 0.215. The topological polar surface area (TPSA) is 32.3 Å². The standard InChI is InChI=1S/C17H26N2O/c1-13-7-8-14(2)16(12-13)17(20)19-11-5-4-6-15(19)9-10-18-3/h7-8,12,15,18H,4-6,9-11H2,1-3H3. The van der Waals surface area contributed by atoms with Crippen LogP contribution >= 0.6 is 0 Å².